The van der Waals surface area contributed by atoms with Gasteiger partial charge in [-0.25, -0.2) is 0 Å². The molecule has 2 fully saturated rings. The number of rotatable bonds is 7. The normalized spacial score (nSPS) is 15.1. The lowest BCUT2D eigenvalue weighted by Crippen LogP contribution is -2.03. The Hall–Kier alpha value is -3.60. The molecule has 0 saturated carbocycles. The molecule has 0 N–H and O–H groups in total. The summed E-state index contributed by atoms with van der Waals surface area (Å²) in [5.41, 5.74) is 2.55. The topological polar surface area (TPSA) is 43.5 Å². The fraction of sp³-hybridized carbons (Fsp3) is 0.351. The summed E-state index contributed by atoms with van der Waals surface area (Å²) in [6.45, 7) is 11.6. The molecular weight excluding hydrogens is 508 g/mol. The van der Waals surface area contributed by atoms with Crippen LogP contribution in [0.25, 0.3) is 11.1 Å². The Morgan fingerprint density at radius 1 is 0.488 bits per heavy atom. The summed E-state index contributed by atoms with van der Waals surface area (Å²) in [7, 11) is 0. The van der Waals surface area contributed by atoms with Gasteiger partial charge in [-0.1, -0.05) is 145 Å². The Labute approximate surface area is 249 Å². The quantitative estimate of drug-likeness (QED) is 0.212. The van der Waals surface area contributed by atoms with Gasteiger partial charge in [0.05, 0.1) is 13.2 Å². The maximum Gasteiger partial charge on any atom is 0.119 e. The van der Waals surface area contributed by atoms with E-state index in [-0.39, 0.29) is 7.43 Å². The van der Waals surface area contributed by atoms with Crippen molar-refractivity contribution in [2.75, 3.05) is 26.4 Å². The zero-order chi connectivity index (χ0) is 28.7. The number of ether oxygens (including phenoxy) is 4. The first kappa shape index (κ1) is 35.4. The molecule has 4 heteroatoms. The van der Waals surface area contributed by atoms with Gasteiger partial charge in [-0.2, -0.15) is 0 Å². The Morgan fingerprint density at radius 3 is 0.976 bits per heavy atom. The minimum Gasteiger partial charge on any atom is -0.491 e. The highest BCUT2D eigenvalue weighted by atomic mass is 16.6. The second kappa shape index (κ2) is 23.1. The van der Waals surface area contributed by atoms with Crippen LogP contribution in [-0.4, -0.2) is 38.6 Å². The number of benzene rings is 4. The minimum atomic E-state index is 0. The van der Waals surface area contributed by atoms with E-state index in [1.807, 2.05) is 72.8 Å². The summed E-state index contributed by atoms with van der Waals surface area (Å²) in [6.07, 6.45) is 3.19. The van der Waals surface area contributed by atoms with Gasteiger partial charge < -0.3 is 18.9 Å². The van der Waals surface area contributed by atoms with E-state index in [2.05, 4.69) is 76.2 Å². The average molecular weight is 559 g/mol. The molecule has 41 heavy (non-hydrogen) atoms. The van der Waals surface area contributed by atoms with E-state index in [1.165, 1.54) is 24.0 Å². The Bertz CT molecular complexity index is 990. The summed E-state index contributed by atoms with van der Waals surface area (Å²) in [5, 5.41) is 0. The van der Waals surface area contributed by atoms with Crippen molar-refractivity contribution in [2.24, 2.45) is 0 Å². The van der Waals surface area contributed by atoms with Crippen molar-refractivity contribution in [3.8, 4) is 22.6 Å². The number of hydrogen-bond donors (Lipinski definition) is 0. The van der Waals surface area contributed by atoms with Crippen molar-refractivity contribution in [1.82, 2.24) is 0 Å². The summed E-state index contributed by atoms with van der Waals surface area (Å²) in [6, 6.07) is 40.4. The molecule has 0 spiro atoms. The van der Waals surface area contributed by atoms with E-state index in [0.717, 1.165) is 24.7 Å². The number of epoxide rings is 2. The highest BCUT2D eigenvalue weighted by Gasteiger charge is 2.23. The van der Waals surface area contributed by atoms with E-state index in [0.29, 0.717) is 25.4 Å². The lowest BCUT2D eigenvalue weighted by atomic mass is 10.1. The monoisotopic (exact) mass is 558 g/mol. The van der Waals surface area contributed by atoms with Crippen LogP contribution in [0.2, 0.25) is 0 Å². The third-order valence-corrected chi connectivity index (χ3v) is 5.04. The molecule has 4 aromatic rings. The molecule has 2 aliphatic rings. The molecule has 0 amide bonds. The molecule has 4 aromatic carbocycles. The predicted octanol–water partition coefficient (Wildman–Crippen LogP) is 9.75. The van der Waals surface area contributed by atoms with E-state index in [9.17, 15) is 0 Å². The van der Waals surface area contributed by atoms with Gasteiger partial charge in [0.15, 0.2) is 0 Å². The van der Waals surface area contributed by atoms with E-state index >= 15 is 0 Å². The average Bonchev–Trinajstić information content (AvgIpc) is 3.95. The SMILES string of the molecule is C.CCC.CCC.c1ccc(-c2ccccc2)cc1.c1ccc(OCC2CO2)cc1.c1ccc(OCC2CO2)cc1. The van der Waals surface area contributed by atoms with Crippen LogP contribution in [-0.2, 0) is 9.47 Å². The first-order valence-corrected chi connectivity index (χ1v) is 14.4. The summed E-state index contributed by atoms with van der Waals surface area (Å²) < 4.78 is 20.8. The molecule has 2 aliphatic heterocycles. The van der Waals surface area contributed by atoms with Gasteiger partial charge >= 0.3 is 0 Å². The van der Waals surface area contributed by atoms with Gasteiger partial charge in [-0.3, -0.25) is 0 Å². The Kier molecular flexibility index (Phi) is 20.0. The molecule has 4 nitrogen and oxygen atoms in total. The highest BCUT2D eigenvalue weighted by Crippen LogP contribution is 2.17. The molecule has 6 rings (SSSR count). The van der Waals surface area contributed by atoms with Crippen molar-refractivity contribution in [2.45, 2.75) is 60.2 Å². The van der Waals surface area contributed by atoms with Gasteiger partial charge in [-0.15, -0.1) is 0 Å². The molecule has 2 saturated heterocycles. The van der Waals surface area contributed by atoms with Gasteiger partial charge in [0, 0.05) is 0 Å². The lowest BCUT2D eigenvalue weighted by Gasteiger charge is -2.01. The standard InChI is InChI=1S/C12H10.2C9H10O2.2C3H8.CH4/c1-3-7-11(8-4-1)12-9-5-2-6-10-12;2*1-2-4-8(5-3-1)10-6-9-7-11-9;2*1-3-2;/h1-10H;2*1-5,9H,6-7H2;2*3H2,1-2H3;1H4. The van der Waals surface area contributed by atoms with Crippen LogP contribution in [0, 0.1) is 0 Å². The van der Waals surface area contributed by atoms with Crippen LogP contribution < -0.4 is 9.47 Å². The number of hydrogen-bond acceptors (Lipinski definition) is 4. The second-order valence-electron chi connectivity index (χ2n) is 9.31. The molecule has 0 bridgehead atoms. The van der Waals surface area contributed by atoms with Gasteiger partial charge in [0.2, 0.25) is 0 Å². The van der Waals surface area contributed by atoms with Crippen molar-refractivity contribution in [3.63, 3.8) is 0 Å². The maximum absolute atomic E-state index is 5.40. The fourth-order valence-electron chi connectivity index (χ4n) is 3.00. The first-order valence-electron chi connectivity index (χ1n) is 14.4. The number of para-hydroxylation sites is 2. The van der Waals surface area contributed by atoms with Crippen LogP contribution >= 0.6 is 0 Å². The Morgan fingerprint density at radius 2 is 0.732 bits per heavy atom. The van der Waals surface area contributed by atoms with Gasteiger partial charge in [-0.05, 0) is 35.4 Å². The summed E-state index contributed by atoms with van der Waals surface area (Å²) in [4.78, 5) is 0. The zero-order valence-electron chi connectivity index (χ0n) is 24.6. The molecule has 2 heterocycles. The van der Waals surface area contributed by atoms with Crippen molar-refractivity contribution >= 4 is 0 Å². The predicted molar refractivity (Wildman–Crippen MR) is 174 cm³/mol. The molecule has 222 valence electrons. The minimum absolute atomic E-state index is 0. The van der Waals surface area contributed by atoms with Crippen LogP contribution in [0.3, 0.4) is 0 Å². The van der Waals surface area contributed by atoms with Gasteiger partial charge in [0.1, 0.15) is 36.9 Å². The molecule has 2 atom stereocenters. The van der Waals surface area contributed by atoms with Crippen LogP contribution in [0.1, 0.15) is 48.0 Å². The van der Waals surface area contributed by atoms with Gasteiger partial charge in [0.25, 0.3) is 0 Å². The van der Waals surface area contributed by atoms with E-state index in [1.54, 1.807) is 0 Å². The first-order chi connectivity index (χ1) is 19.7. The molecular formula is C37H50O4. The maximum atomic E-state index is 5.40. The van der Waals surface area contributed by atoms with E-state index in [4.69, 9.17) is 18.9 Å². The molecule has 2 unspecified atom stereocenters. The van der Waals surface area contributed by atoms with Crippen molar-refractivity contribution in [1.29, 1.82) is 0 Å². The van der Waals surface area contributed by atoms with Crippen LogP contribution in [0.5, 0.6) is 11.5 Å². The van der Waals surface area contributed by atoms with Crippen LogP contribution in [0.15, 0.2) is 121 Å². The lowest BCUT2D eigenvalue weighted by molar-refractivity contribution is 0.263. The summed E-state index contributed by atoms with van der Waals surface area (Å²) >= 11 is 0. The molecule has 0 aliphatic carbocycles. The van der Waals surface area contributed by atoms with E-state index < -0.39 is 0 Å². The second-order valence-corrected chi connectivity index (χ2v) is 9.31. The zero-order valence-corrected chi connectivity index (χ0v) is 24.6. The smallest absolute Gasteiger partial charge is 0.119 e. The molecule has 0 aromatic heterocycles. The molecule has 0 radical (unpaired) electrons. The highest BCUT2D eigenvalue weighted by molar-refractivity contribution is 5.62. The van der Waals surface area contributed by atoms with Crippen molar-refractivity contribution in [3.05, 3.63) is 121 Å². The van der Waals surface area contributed by atoms with Crippen LogP contribution in [0.4, 0.5) is 0 Å². The van der Waals surface area contributed by atoms with Crippen molar-refractivity contribution < 1.29 is 18.9 Å². The fourth-order valence-corrected chi connectivity index (χ4v) is 3.00. The Balaban J connectivity index is 0.000000277. The largest absolute Gasteiger partial charge is 0.491 e. The summed E-state index contributed by atoms with van der Waals surface area (Å²) in [5.74, 6) is 1.84. The third-order valence-electron chi connectivity index (χ3n) is 5.04. The third kappa shape index (κ3) is 18.4.